The van der Waals surface area contributed by atoms with Gasteiger partial charge in [-0.05, 0) is 18.4 Å². The molecule has 0 radical (unpaired) electrons. The van der Waals surface area contributed by atoms with Crippen LogP contribution in [0.2, 0.25) is 0 Å². The summed E-state index contributed by atoms with van der Waals surface area (Å²) >= 11 is 1.58. The average Bonchev–Trinajstić information content (AvgIpc) is 3.14. The number of hydrogen-bond acceptors (Lipinski definition) is 4. The van der Waals surface area contributed by atoms with E-state index in [1.54, 1.807) is 21.8 Å². The minimum absolute atomic E-state index is 0.0855. The van der Waals surface area contributed by atoms with Crippen LogP contribution in [0.4, 0.5) is 0 Å². The van der Waals surface area contributed by atoms with Crippen LogP contribution in [0.5, 0.6) is 0 Å². The Hall–Kier alpha value is -1.24. The highest BCUT2D eigenvalue weighted by Crippen LogP contribution is 2.30. The van der Waals surface area contributed by atoms with E-state index in [9.17, 15) is 8.42 Å². The third kappa shape index (κ3) is 3.90. The fourth-order valence-electron chi connectivity index (χ4n) is 2.36. The summed E-state index contributed by atoms with van der Waals surface area (Å²) in [6.07, 6.45) is 4.42. The van der Waals surface area contributed by atoms with Gasteiger partial charge < -0.3 is 0 Å². The number of thiazole rings is 1. The van der Waals surface area contributed by atoms with Gasteiger partial charge >= 0.3 is 0 Å². The average molecular weight is 322 g/mol. The van der Waals surface area contributed by atoms with E-state index >= 15 is 0 Å². The van der Waals surface area contributed by atoms with Crippen molar-refractivity contribution in [1.82, 2.24) is 9.29 Å². The monoisotopic (exact) mass is 322 g/mol. The van der Waals surface area contributed by atoms with E-state index in [1.807, 2.05) is 35.7 Å². The lowest BCUT2D eigenvalue weighted by Crippen LogP contribution is -2.35. The van der Waals surface area contributed by atoms with Crippen LogP contribution in [0, 0.1) is 0 Å². The summed E-state index contributed by atoms with van der Waals surface area (Å²) in [6.45, 7) is 0.535. The quantitative estimate of drug-likeness (QED) is 0.787. The molecule has 21 heavy (non-hydrogen) atoms. The Bertz CT molecular complexity index is 665. The minimum atomic E-state index is -3.26. The van der Waals surface area contributed by atoms with Crippen molar-refractivity contribution in [3.05, 3.63) is 52.5 Å². The van der Waals surface area contributed by atoms with E-state index in [1.165, 1.54) is 0 Å². The molecule has 112 valence electrons. The van der Waals surface area contributed by atoms with Crippen LogP contribution in [0.1, 0.15) is 23.4 Å². The van der Waals surface area contributed by atoms with Gasteiger partial charge in [-0.25, -0.2) is 13.4 Å². The summed E-state index contributed by atoms with van der Waals surface area (Å²) in [7, 11) is -3.26. The highest BCUT2D eigenvalue weighted by molar-refractivity contribution is 7.88. The molecule has 1 aromatic heterocycles. The van der Waals surface area contributed by atoms with E-state index in [-0.39, 0.29) is 11.8 Å². The van der Waals surface area contributed by atoms with Crippen molar-refractivity contribution in [1.29, 1.82) is 0 Å². The maximum Gasteiger partial charge on any atom is 0.218 e. The van der Waals surface area contributed by atoms with E-state index in [0.29, 0.717) is 13.0 Å². The first-order valence-corrected chi connectivity index (χ1v) is 9.56. The van der Waals surface area contributed by atoms with Crippen molar-refractivity contribution < 1.29 is 8.42 Å². The van der Waals surface area contributed by atoms with Crippen LogP contribution in [0.25, 0.3) is 0 Å². The summed E-state index contributed by atoms with van der Waals surface area (Å²) in [5.41, 5.74) is 0.845. The zero-order valence-corrected chi connectivity index (χ0v) is 13.3. The SMILES string of the molecule is O=S(=O)(Cc1ccccc1)N(CCc1nccs1)C1CC1. The lowest BCUT2D eigenvalue weighted by molar-refractivity contribution is 0.406. The molecule has 2 aromatic rings. The Kier molecular flexibility index (Phi) is 4.37. The lowest BCUT2D eigenvalue weighted by atomic mass is 10.2. The van der Waals surface area contributed by atoms with Crippen LogP contribution < -0.4 is 0 Å². The molecule has 3 rings (SSSR count). The van der Waals surface area contributed by atoms with Crippen LogP contribution in [0.3, 0.4) is 0 Å². The van der Waals surface area contributed by atoms with Crippen LogP contribution in [-0.2, 0) is 22.2 Å². The van der Waals surface area contributed by atoms with Crippen LogP contribution in [0.15, 0.2) is 41.9 Å². The zero-order chi connectivity index (χ0) is 14.7. The predicted octanol–water partition coefficient (Wildman–Crippen LogP) is 2.68. The second kappa shape index (κ2) is 6.25. The molecule has 0 aliphatic heterocycles. The number of aromatic nitrogens is 1. The maximum atomic E-state index is 12.7. The first kappa shape index (κ1) is 14.7. The lowest BCUT2D eigenvalue weighted by Gasteiger charge is -2.21. The maximum absolute atomic E-state index is 12.7. The highest BCUT2D eigenvalue weighted by Gasteiger charge is 2.36. The number of sulfonamides is 1. The first-order valence-electron chi connectivity index (χ1n) is 7.07. The molecule has 4 nitrogen and oxygen atoms in total. The van der Waals surface area contributed by atoms with Gasteiger partial charge in [0.05, 0.1) is 10.8 Å². The van der Waals surface area contributed by atoms with Gasteiger partial charge in [-0.3, -0.25) is 0 Å². The van der Waals surface area contributed by atoms with Gasteiger partial charge in [0, 0.05) is 30.6 Å². The molecule has 0 unspecified atom stereocenters. The Morgan fingerprint density at radius 1 is 1.24 bits per heavy atom. The van der Waals surface area contributed by atoms with Gasteiger partial charge in [-0.1, -0.05) is 30.3 Å². The third-order valence-corrected chi connectivity index (χ3v) is 6.27. The summed E-state index contributed by atoms with van der Waals surface area (Å²) in [4.78, 5) is 4.23. The minimum Gasteiger partial charge on any atom is -0.250 e. The number of rotatable bonds is 7. The molecule has 0 atom stereocenters. The largest absolute Gasteiger partial charge is 0.250 e. The Balaban J connectivity index is 1.70. The number of hydrogen-bond donors (Lipinski definition) is 0. The van der Waals surface area contributed by atoms with E-state index < -0.39 is 10.0 Å². The van der Waals surface area contributed by atoms with Crippen molar-refractivity contribution in [2.24, 2.45) is 0 Å². The highest BCUT2D eigenvalue weighted by atomic mass is 32.2. The standard InChI is InChI=1S/C15H18N2O2S2/c18-21(19,12-13-4-2-1-3-5-13)17(14-6-7-14)10-8-15-16-9-11-20-15/h1-5,9,11,14H,6-8,10,12H2. The van der Waals surface area contributed by atoms with Gasteiger partial charge in [0.15, 0.2) is 0 Å². The smallest absolute Gasteiger partial charge is 0.218 e. The van der Waals surface area contributed by atoms with Gasteiger partial charge in [0.1, 0.15) is 0 Å². The number of nitrogens with zero attached hydrogens (tertiary/aromatic N) is 2. The molecular formula is C15H18N2O2S2. The third-order valence-electron chi connectivity index (χ3n) is 3.53. The van der Waals surface area contributed by atoms with Gasteiger partial charge in [0.25, 0.3) is 0 Å². The molecule has 6 heteroatoms. The molecule has 0 spiro atoms. The van der Waals surface area contributed by atoms with E-state index in [4.69, 9.17) is 0 Å². The van der Waals surface area contributed by atoms with Crippen molar-refractivity contribution in [2.75, 3.05) is 6.54 Å². The van der Waals surface area contributed by atoms with E-state index in [2.05, 4.69) is 4.98 Å². The first-order chi connectivity index (χ1) is 10.1. The molecule has 0 bridgehead atoms. The van der Waals surface area contributed by atoms with Crippen molar-refractivity contribution in [2.45, 2.75) is 31.1 Å². The van der Waals surface area contributed by atoms with Gasteiger partial charge in [-0.15, -0.1) is 11.3 Å². The fraction of sp³-hybridized carbons (Fsp3) is 0.400. The van der Waals surface area contributed by atoms with Crippen molar-refractivity contribution in [3.63, 3.8) is 0 Å². The Morgan fingerprint density at radius 2 is 2.00 bits per heavy atom. The topological polar surface area (TPSA) is 50.3 Å². The van der Waals surface area contributed by atoms with Crippen molar-refractivity contribution in [3.8, 4) is 0 Å². The molecule has 1 heterocycles. The van der Waals surface area contributed by atoms with Gasteiger partial charge in [0.2, 0.25) is 10.0 Å². The molecule has 1 aliphatic rings. The Morgan fingerprint density at radius 3 is 2.62 bits per heavy atom. The molecule has 1 saturated carbocycles. The summed E-state index contributed by atoms with van der Waals surface area (Å²) in [5.74, 6) is 0.0855. The molecule has 0 saturated heterocycles. The summed E-state index contributed by atoms with van der Waals surface area (Å²) in [6, 6.07) is 9.58. The normalized spacial score (nSPS) is 15.5. The molecule has 1 aromatic carbocycles. The molecule has 0 N–H and O–H groups in total. The van der Waals surface area contributed by atoms with Gasteiger partial charge in [-0.2, -0.15) is 4.31 Å². The number of benzene rings is 1. The molecule has 0 amide bonds. The second-order valence-electron chi connectivity index (χ2n) is 5.26. The second-order valence-corrected chi connectivity index (χ2v) is 8.16. The summed E-state index contributed by atoms with van der Waals surface area (Å²) < 4.78 is 27.0. The summed E-state index contributed by atoms with van der Waals surface area (Å²) in [5, 5.41) is 2.92. The zero-order valence-electron chi connectivity index (χ0n) is 11.7. The molecule has 1 aliphatic carbocycles. The van der Waals surface area contributed by atoms with Crippen LogP contribution in [-0.4, -0.2) is 30.3 Å². The molecule has 1 fully saturated rings. The van der Waals surface area contributed by atoms with Crippen molar-refractivity contribution >= 4 is 21.4 Å². The Labute approximate surface area is 129 Å². The van der Waals surface area contributed by atoms with Crippen LogP contribution >= 0.6 is 11.3 Å². The van der Waals surface area contributed by atoms with E-state index in [0.717, 1.165) is 23.4 Å². The fourth-order valence-corrected chi connectivity index (χ4v) is 4.79. The predicted molar refractivity (Wildman–Crippen MR) is 84.6 cm³/mol. The molecular weight excluding hydrogens is 304 g/mol.